The smallest absolute Gasteiger partial charge is 0.372 e. The average Bonchev–Trinajstić information content (AvgIpc) is 2.34. The zero-order chi connectivity index (χ0) is 14.8. The van der Waals surface area contributed by atoms with E-state index in [1.165, 1.54) is 12.1 Å². The monoisotopic (exact) mass is 274 g/mol. The normalized spacial score (nSPS) is 13.7. The van der Waals surface area contributed by atoms with E-state index in [1.54, 1.807) is 0 Å². The summed E-state index contributed by atoms with van der Waals surface area (Å²) in [7, 11) is 1.88. The van der Waals surface area contributed by atoms with Crippen LogP contribution >= 0.6 is 0 Å². The fraction of sp³-hybridized carbons (Fsp3) is 0.571. The molecule has 1 aromatic rings. The summed E-state index contributed by atoms with van der Waals surface area (Å²) in [5.41, 5.74) is 5.68. The number of rotatable bonds is 4. The molecular formula is C14H21F3N2. The van der Waals surface area contributed by atoms with Crippen LogP contribution in [0.5, 0.6) is 0 Å². The summed E-state index contributed by atoms with van der Waals surface area (Å²) in [6.07, 6.45) is -4.35. The third kappa shape index (κ3) is 3.62. The summed E-state index contributed by atoms with van der Waals surface area (Å²) in [6, 6.07) is 4.38. The molecule has 0 aliphatic rings. The van der Waals surface area contributed by atoms with Gasteiger partial charge in [0.2, 0.25) is 0 Å². The topological polar surface area (TPSA) is 29.3 Å². The second kappa shape index (κ2) is 5.82. The van der Waals surface area contributed by atoms with E-state index in [9.17, 15) is 13.2 Å². The van der Waals surface area contributed by atoms with Gasteiger partial charge in [-0.25, -0.2) is 0 Å². The fourth-order valence-corrected chi connectivity index (χ4v) is 1.93. The van der Waals surface area contributed by atoms with Crippen LogP contribution in [0.3, 0.4) is 0 Å². The largest absolute Gasteiger partial charge is 0.416 e. The van der Waals surface area contributed by atoms with Crippen molar-refractivity contribution in [2.45, 2.75) is 39.5 Å². The molecular weight excluding hydrogens is 253 g/mol. The minimum Gasteiger partial charge on any atom is -0.372 e. The second-order valence-electron chi connectivity index (χ2n) is 5.14. The van der Waals surface area contributed by atoms with Gasteiger partial charge in [-0.15, -0.1) is 0 Å². The number of alkyl halides is 3. The molecule has 1 aromatic carbocycles. The molecule has 5 heteroatoms. The van der Waals surface area contributed by atoms with Crippen molar-refractivity contribution in [3.63, 3.8) is 0 Å². The number of anilines is 1. The highest BCUT2D eigenvalue weighted by atomic mass is 19.4. The lowest BCUT2D eigenvalue weighted by Gasteiger charge is -2.30. The van der Waals surface area contributed by atoms with Crippen molar-refractivity contribution in [3.05, 3.63) is 29.3 Å². The van der Waals surface area contributed by atoms with Gasteiger partial charge in [0.15, 0.2) is 0 Å². The maximum Gasteiger partial charge on any atom is 0.416 e. The SMILES string of the molecule is CC(C)C(C)N(C)c1ccc(C(F)(F)F)c(CN)c1. The highest BCUT2D eigenvalue weighted by Crippen LogP contribution is 2.34. The zero-order valence-corrected chi connectivity index (χ0v) is 11.8. The Morgan fingerprint density at radius 1 is 1.21 bits per heavy atom. The molecule has 1 atom stereocenters. The van der Waals surface area contributed by atoms with Gasteiger partial charge >= 0.3 is 6.18 Å². The molecule has 0 aliphatic carbocycles. The van der Waals surface area contributed by atoms with Gasteiger partial charge in [-0.3, -0.25) is 0 Å². The summed E-state index contributed by atoms with van der Waals surface area (Å²) in [5.74, 6) is 0.411. The van der Waals surface area contributed by atoms with E-state index in [0.717, 1.165) is 11.8 Å². The van der Waals surface area contributed by atoms with Crippen LogP contribution in [-0.2, 0) is 12.7 Å². The highest BCUT2D eigenvalue weighted by Gasteiger charge is 2.33. The Morgan fingerprint density at radius 3 is 2.21 bits per heavy atom. The number of halogens is 3. The zero-order valence-electron chi connectivity index (χ0n) is 11.8. The van der Waals surface area contributed by atoms with Crippen LogP contribution in [0.1, 0.15) is 31.9 Å². The predicted octanol–water partition coefficient (Wildman–Crippen LogP) is 3.64. The van der Waals surface area contributed by atoms with Crippen molar-refractivity contribution in [2.24, 2.45) is 11.7 Å². The van der Waals surface area contributed by atoms with Crippen LogP contribution in [0.25, 0.3) is 0 Å². The molecule has 0 saturated carbocycles. The first-order chi connectivity index (χ1) is 8.68. The van der Waals surface area contributed by atoms with Crippen molar-refractivity contribution < 1.29 is 13.2 Å². The third-order valence-corrected chi connectivity index (χ3v) is 3.60. The second-order valence-corrected chi connectivity index (χ2v) is 5.14. The van der Waals surface area contributed by atoms with E-state index < -0.39 is 11.7 Å². The van der Waals surface area contributed by atoms with Crippen LogP contribution in [0.4, 0.5) is 18.9 Å². The number of nitrogens with two attached hydrogens (primary N) is 1. The summed E-state index contributed by atoms with van der Waals surface area (Å²) in [4.78, 5) is 1.98. The Hall–Kier alpha value is -1.23. The molecule has 0 heterocycles. The van der Waals surface area contributed by atoms with E-state index in [0.29, 0.717) is 5.92 Å². The molecule has 0 spiro atoms. The maximum atomic E-state index is 12.8. The molecule has 0 radical (unpaired) electrons. The molecule has 19 heavy (non-hydrogen) atoms. The van der Waals surface area contributed by atoms with E-state index in [-0.39, 0.29) is 18.2 Å². The van der Waals surface area contributed by atoms with E-state index in [1.807, 2.05) is 18.9 Å². The Labute approximate surface area is 112 Å². The lowest BCUT2D eigenvalue weighted by Crippen LogP contribution is -2.33. The molecule has 2 nitrogen and oxygen atoms in total. The van der Waals surface area contributed by atoms with Crippen molar-refractivity contribution in [1.29, 1.82) is 0 Å². The molecule has 0 aliphatic heterocycles. The molecule has 1 rings (SSSR count). The highest BCUT2D eigenvalue weighted by molar-refractivity contribution is 5.52. The summed E-state index contributed by atoms with van der Waals surface area (Å²) >= 11 is 0. The number of hydrogen-bond acceptors (Lipinski definition) is 2. The molecule has 0 saturated heterocycles. The van der Waals surface area contributed by atoms with Gasteiger partial charge in [-0.2, -0.15) is 13.2 Å². The molecule has 0 bridgehead atoms. The molecule has 0 fully saturated rings. The van der Waals surface area contributed by atoms with Gasteiger partial charge in [0.1, 0.15) is 0 Å². The minimum atomic E-state index is -4.35. The first kappa shape index (κ1) is 15.8. The number of nitrogens with zero attached hydrogens (tertiary/aromatic N) is 1. The van der Waals surface area contributed by atoms with Gasteiger partial charge in [0.25, 0.3) is 0 Å². The van der Waals surface area contributed by atoms with E-state index >= 15 is 0 Å². The van der Waals surface area contributed by atoms with Gasteiger partial charge in [0, 0.05) is 25.3 Å². The van der Waals surface area contributed by atoms with Crippen LogP contribution < -0.4 is 10.6 Å². The summed E-state index contributed by atoms with van der Waals surface area (Å²) in [6.45, 7) is 6.08. The van der Waals surface area contributed by atoms with Gasteiger partial charge in [0.05, 0.1) is 5.56 Å². The first-order valence-corrected chi connectivity index (χ1v) is 6.31. The predicted molar refractivity (Wildman–Crippen MR) is 72.0 cm³/mol. The van der Waals surface area contributed by atoms with Crippen LogP contribution in [0.15, 0.2) is 18.2 Å². The summed E-state index contributed by atoms with van der Waals surface area (Å²) in [5, 5.41) is 0. The third-order valence-electron chi connectivity index (χ3n) is 3.60. The fourth-order valence-electron chi connectivity index (χ4n) is 1.93. The van der Waals surface area contributed by atoms with Crippen LogP contribution in [0, 0.1) is 5.92 Å². The molecule has 0 aromatic heterocycles. The van der Waals surface area contributed by atoms with E-state index in [2.05, 4.69) is 13.8 Å². The van der Waals surface area contributed by atoms with Crippen molar-refractivity contribution in [2.75, 3.05) is 11.9 Å². The van der Waals surface area contributed by atoms with Gasteiger partial charge < -0.3 is 10.6 Å². The van der Waals surface area contributed by atoms with Crippen molar-refractivity contribution in [1.82, 2.24) is 0 Å². The Balaban J connectivity index is 3.14. The number of hydrogen-bond donors (Lipinski definition) is 1. The lowest BCUT2D eigenvalue weighted by molar-refractivity contribution is -0.138. The van der Waals surface area contributed by atoms with Crippen molar-refractivity contribution >= 4 is 5.69 Å². The quantitative estimate of drug-likeness (QED) is 0.908. The van der Waals surface area contributed by atoms with Gasteiger partial charge in [-0.05, 0) is 36.6 Å². The lowest BCUT2D eigenvalue weighted by atomic mass is 10.0. The first-order valence-electron chi connectivity index (χ1n) is 6.31. The van der Waals surface area contributed by atoms with Gasteiger partial charge in [-0.1, -0.05) is 13.8 Å². The van der Waals surface area contributed by atoms with Crippen molar-refractivity contribution in [3.8, 4) is 0 Å². The minimum absolute atomic E-state index is 0.118. The van der Waals surface area contributed by atoms with Crippen LogP contribution in [0.2, 0.25) is 0 Å². The summed E-state index contributed by atoms with van der Waals surface area (Å²) < 4.78 is 38.4. The molecule has 0 amide bonds. The molecule has 1 unspecified atom stereocenters. The Kier molecular flexibility index (Phi) is 4.85. The Bertz CT molecular complexity index is 427. The molecule has 108 valence electrons. The standard InChI is InChI=1S/C14H21F3N2/c1-9(2)10(3)19(4)12-5-6-13(14(15,16)17)11(7-12)8-18/h5-7,9-10H,8,18H2,1-4H3. The van der Waals surface area contributed by atoms with E-state index in [4.69, 9.17) is 5.73 Å². The van der Waals surface area contributed by atoms with Crippen LogP contribution in [-0.4, -0.2) is 13.1 Å². The average molecular weight is 274 g/mol. The Morgan fingerprint density at radius 2 is 1.79 bits per heavy atom. The number of benzene rings is 1. The molecule has 2 N–H and O–H groups in total. The maximum absolute atomic E-state index is 12.8.